The summed E-state index contributed by atoms with van der Waals surface area (Å²) in [6.45, 7) is 1.95. The first-order chi connectivity index (χ1) is 19.5. The van der Waals surface area contributed by atoms with E-state index in [1.54, 1.807) is 6.07 Å². The lowest BCUT2D eigenvalue weighted by molar-refractivity contribution is -0.189. The van der Waals surface area contributed by atoms with Crippen LogP contribution in [-0.4, -0.2) is 0 Å². The van der Waals surface area contributed by atoms with Gasteiger partial charge in [-0.15, -0.1) is 0 Å². The van der Waals surface area contributed by atoms with Gasteiger partial charge in [0.05, 0.1) is 5.56 Å². The zero-order chi connectivity index (χ0) is 29.7. The minimum absolute atomic E-state index is 0.100. The van der Waals surface area contributed by atoms with E-state index in [0.717, 1.165) is 24.0 Å². The van der Waals surface area contributed by atoms with Crippen molar-refractivity contribution in [1.29, 1.82) is 0 Å². The normalized spacial score (nSPS) is 11.4. The number of ether oxygens (including phenoxy) is 1. The standard InChI is InChI=1S/C32H20F8O/c1-2-3-4-5-19-6-9-21(10-7-19)23-13-12-22(25(33)16-23)11-8-20-14-26(34)30(27(35)15-20)32(39,40)41-24-17-28(36)31(38)29(37)18-24/h2-3,6-7,9-10,12-18H,4-5H2,1H3/b3-2+. The van der Waals surface area contributed by atoms with E-state index in [4.69, 9.17) is 0 Å². The van der Waals surface area contributed by atoms with Crippen molar-refractivity contribution in [3.8, 4) is 28.7 Å². The minimum Gasteiger partial charge on any atom is -0.429 e. The lowest BCUT2D eigenvalue weighted by Gasteiger charge is -2.19. The minimum atomic E-state index is -4.73. The molecule has 0 unspecified atom stereocenters. The predicted molar refractivity (Wildman–Crippen MR) is 138 cm³/mol. The highest BCUT2D eigenvalue weighted by atomic mass is 19.3. The molecule has 0 saturated heterocycles. The number of rotatable bonds is 7. The van der Waals surface area contributed by atoms with Crippen molar-refractivity contribution in [2.24, 2.45) is 0 Å². The van der Waals surface area contributed by atoms with Gasteiger partial charge in [-0.3, -0.25) is 0 Å². The lowest BCUT2D eigenvalue weighted by Crippen LogP contribution is -2.25. The SMILES string of the molecule is C/C=C/CCc1ccc(-c2ccc(C#Cc3cc(F)c(C(F)(F)Oc4cc(F)c(F)c(F)c4)c(F)c3)c(F)c2)cc1. The molecule has 0 radical (unpaired) electrons. The van der Waals surface area contributed by atoms with Crippen molar-refractivity contribution in [3.63, 3.8) is 0 Å². The molecule has 0 aliphatic rings. The maximum atomic E-state index is 14.7. The predicted octanol–water partition coefficient (Wildman–Crippen LogP) is 9.22. The van der Waals surface area contributed by atoms with Crippen LogP contribution < -0.4 is 4.74 Å². The van der Waals surface area contributed by atoms with Gasteiger partial charge in [-0.05, 0) is 60.7 Å². The van der Waals surface area contributed by atoms with E-state index in [1.165, 1.54) is 12.1 Å². The molecule has 9 heteroatoms. The molecule has 4 aromatic carbocycles. The average molecular weight is 572 g/mol. The Hall–Kier alpha value is -4.58. The Morgan fingerprint density at radius 3 is 1.90 bits per heavy atom. The Bertz CT molecular complexity index is 1620. The molecule has 0 fully saturated rings. The zero-order valence-corrected chi connectivity index (χ0v) is 21.4. The second-order valence-electron chi connectivity index (χ2n) is 8.88. The first-order valence-corrected chi connectivity index (χ1v) is 12.2. The zero-order valence-electron chi connectivity index (χ0n) is 21.4. The smallest absolute Gasteiger partial charge is 0.429 e. The van der Waals surface area contributed by atoms with Gasteiger partial charge < -0.3 is 4.74 Å². The number of hydrogen-bond acceptors (Lipinski definition) is 1. The van der Waals surface area contributed by atoms with Crippen molar-refractivity contribution in [3.05, 3.63) is 136 Å². The first-order valence-electron chi connectivity index (χ1n) is 12.2. The first kappa shape index (κ1) is 29.4. The van der Waals surface area contributed by atoms with Gasteiger partial charge in [-0.1, -0.05) is 54.3 Å². The fourth-order valence-corrected chi connectivity index (χ4v) is 3.93. The fraction of sp³-hybridized carbons (Fsp3) is 0.125. The Kier molecular flexibility index (Phi) is 8.82. The maximum absolute atomic E-state index is 14.7. The van der Waals surface area contributed by atoms with Gasteiger partial charge in [0.2, 0.25) is 0 Å². The highest BCUT2D eigenvalue weighted by molar-refractivity contribution is 5.65. The summed E-state index contributed by atoms with van der Waals surface area (Å²) in [5.74, 6) is -6.35. The van der Waals surface area contributed by atoms with Crippen LogP contribution in [0.4, 0.5) is 35.1 Å². The summed E-state index contributed by atoms with van der Waals surface area (Å²) in [6.07, 6.45) is 1.08. The molecule has 0 aromatic heterocycles. The Morgan fingerprint density at radius 2 is 1.32 bits per heavy atom. The van der Waals surface area contributed by atoms with Crippen LogP contribution in [0.15, 0.2) is 78.9 Å². The molecule has 0 aliphatic carbocycles. The number of aryl methyl sites for hydroxylation is 1. The van der Waals surface area contributed by atoms with Gasteiger partial charge in [0.25, 0.3) is 0 Å². The van der Waals surface area contributed by atoms with Crippen molar-refractivity contribution in [2.75, 3.05) is 0 Å². The molecule has 4 aromatic rings. The van der Waals surface area contributed by atoms with E-state index >= 15 is 0 Å². The van der Waals surface area contributed by atoms with E-state index < -0.39 is 57.9 Å². The number of hydrogen-bond donors (Lipinski definition) is 0. The summed E-state index contributed by atoms with van der Waals surface area (Å²) in [7, 11) is 0. The fourth-order valence-electron chi connectivity index (χ4n) is 3.93. The largest absolute Gasteiger partial charge is 0.432 e. The van der Waals surface area contributed by atoms with Crippen LogP contribution in [0.3, 0.4) is 0 Å². The lowest BCUT2D eigenvalue weighted by atomic mass is 10.0. The van der Waals surface area contributed by atoms with Gasteiger partial charge in [0, 0.05) is 17.7 Å². The van der Waals surface area contributed by atoms with Gasteiger partial charge in [0.1, 0.15) is 28.8 Å². The summed E-state index contributed by atoms with van der Waals surface area (Å²) in [4.78, 5) is 0. The van der Waals surface area contributed by atoms with Crippen molar-refractivity contribution < 1.29 is 39.9 Å². The topological polar surface area (TPSA) is 9.23 Å². The third-order valence-corrected chi connectivity index (χ3v) is 5.97. The van der Waals surface area contributed by atoms with Gasteiger partial charge in [-0.2, -0.15) is 8.78 Å². The number of alkyl halides is 2. The van der Waals surface area contributed by atoms with Crippen LogP contribution in [0.5, 0.6) is 5.75 Å². The molecule has 0 bridgehead atoms. The summed E-state index contributed by atoms with van der Waals surface area (Å²) in [5, 5.41) is 0. The van der Waals surface area contributed by atoms with Crippen LogP contribution in [0.1, 0.15) is 35.6 Å². The summed E-state index contributed by atoms with van der Waals surface area (Å²) >= 11 is 0. The second-order valence-corrected chi connectivity index (χ2v) is 8.88. The third kappa shape index (κ3) is 6.95. The Labute approximate surface area is 230 Å². The highest BCUT2D eigenvalue weighted by Gasteiger charge is 2.41. The quantitative estimate of drug-likeness (QED) is 0.0929. The van der Waals surface area contributed by atoms with E-state index in [1.807, 2.05) is 37.3 Å². The van der Waals surface area contributed by atoms with Gasteiger partial charge in [-0.25, -0.2) is 26.3 Å². The van der Waals surface area contributed by atoms with E-state index in [0.29, 0.717) is 17.7 Å². The van der Waals surface area contributed by atoms with Crippen LogP contribution in [-0.2, 0) is 12.5 Å². The van der Waals surface area contributed by atoms with E-state index in [2.05, 4.69) is 22.7 Å². The van der Waals surface area contributed by atoms with Crippen LogP contribution in [0, 0.1) is 46.7 Å². The molecular weight excluding hydrogens is 552 g/mol. The monoisotopic (exact) mass is 572 g/mol. The molecule has 0 atom stereocenters. The van der Waals surface area contributed by atoms with Gasteiger partial charge >= 0.3 is 6.11 Å². The second kappa shape index (κ2) is 12.3. The van der Waals surface area contributed by atoms with Gasteiger partial charge in [0.15, 0.2) is 17.5 Å². The molecule has 210 valence electrons. The molecule has 0 N–H and O–H groups in total. The number of benzene rings is 4. The van der Waals surface area contributed by atoms with Crippen molar-refractivity contribution >= 4 is 0 Å². The number of halogens is 8. The molecule has 0 amide bonds. The van der Waals surface area contributed by atoms with E-state index in [9.17, 15) is 35.1 Å². The molecule has 0 saturated carbocycles. The Balaban J connectivity index is 1.53. The molecule has 0 spiro atoms. The molecule has 41 heavy (non-hydrogen) atoms. The molecule has 0 heterocycles. The van der Waals surface area contributed by atoms with Crippen LogP contribution >= 0.6 is 0 Å². The number of allylic oxidation sites excluding steroid dienone is 2. The Morgan fingerprint density at radius 1 is 0.707 bits per heavy atom. The van der Waals surface area contributed by atoms with Crippen LogP contribution in [0.2, 0.25) is 0 Å². The van der Waals surface area contributed by atoms with E-state index in [-0.39, 0.29) is 17.7 Å². The average Bonchev–Trinajstić information content (AvgIpc) is 2.90. The van der Waals surface area contributed by atoms with Crippen molar-refractivity contribution in [2.45, 2.75) is 25.9 Å². The third-order valence-electron chi connectivity index (χ3n) is 5.97. The summed E-state index contributed by atoms with van der Waals surface area (Å²) in [6, 6.07) is 13.0. The summed E-state index contributed by atoms with van der Waals surface area (Å²) in [5.41, 5.74) is 0.121. The molecular formula is C32H20F8O. The molecule has 0 aliphatic heterocycles. The van der Waals surface area contributed by atoms with Crippen LogP contribution in [0.25, 0.3) is 11.1 Å². The molecule has 1 nitrogen and oxygen atoms in total. The molecule has 4 rings (SSSR count). The van der Waals surface area contributed by atoms with Crippen molar-refractivity contribution in [1.82, 2.24) is 0 Å². The maximum Gasteiger partial charge on any atom is 0.432 e. The highest BCUT2D eigenvalue weighted by Crippen LogP contribution is 2.36. The summed E-state index contributed by atoms with van der Waals surface area (Å²) < 4.78 is 117.